The maximum Gasteiger partial charge on any atom is 0.135 e. The van der Waals surface area contributed by atoms with Crippen LogP contribution in [0.15, 0.2) is 72.9 Å². The smallest absolute Gasteiger partial charge is 0.135 e. The maximum absolute atomic E-state index is 9.71. The SMILES string of the molecule is COc1ccc(CNc2ncc(C#N)c3sc4cc(-c5ccc(CN(C)C)cc5)ccc4c23)cc1. The normalized spacial score (nSPS) is 11.2. The molecule has 2 heterocycles. The number of aromatic nitrogens is 1. The van der Waals surface area contributed by atoms with Crippen molar-refractivity contribution in [3.63, 3.8) is 0 Å². The van der Waals surface area contributed by atoms with E-state index >= 15 is 0 Å². The molecule has 0 radical (unpaired) electrons. The van der Waals surface area contributed by atoms with Crippen molar-refractivity contribution in [3.8, 4) is 22.9 Å². The summed E-state index contributed by atoms with van der Waals surface area (Å²) in [5.41, 5.74) is 5.37. The van der Waals surface area contributed by atoms with E-state index in [4.69, 9.17) is 4.74 Å². The van der Waals surface area contributed by atoms with Crippen LogP contribution in [0.2, 0.25) is 0 Å². The van der Waals surface area contributed by atoms with Crippen molar-refractivity contribution >= 4 is 37.3 Å². The summed E-state index contributed by atoms with van der Waals surface area (Å²) < 4.78 is 7.36. The zero-order valence-electron chi connectivity index (χ0n) is 20.0. The van der Waals surface area contributed by atoms with Gasteiger partial charge in [-0.3, -0.25) is 0 Å². The highest BCUT2D eigenvalue weighted by Gasteiger charge is 2.15. The second kappa shape index (κ2) is 9.75. The molecule has 5 aromatic rings. The molecule has 0 amide bonds. The van der Waals surface area contributed by atoms with Crippen LogP contribution in [-0.4, -0.2) is 31.1 Å². The summed E-state index contributed by atoms with van der Waals surface area (Å²) in [6.07, 6.45) is 1.67. The van der Waals surface area contributed by atoms with Crippen LogP contribution < -0.4 is 10.1 Å². The fourth-order valence-corrected chi connectivity index (χ4v) is 5.47. The first-order chi connectivity index (χ1) is 17.1. The molecular formula is C29H26N4OS. The van der Waals surface area contributed by atoms with E-state index in [1.807, 2.05) is 24.3 Å². The van der Waals surface area contributed by atoms with Crippen molar-refractivity contribution in [2.24, 2.45) is 0 Å². The molecule has 5 rings (SSSR count). The maximum atomic E-state index is 9.71. The predicted octanol–water partition coefficient (Wildman–Crippen LogP) is 6.67. The highest BCUT2D eigenvalue weighted by Crippen LogP contribution is 2.41. The summed E-state index contributed by atoms with van der Waals surface area (Å²) in [6, 6.07) is 25.5. The average molecular weight is 479 g/mol. The number of fused-ring (bicyclic) bond motifs is 3. The van der Waals surface area contributed by atoms with Crippen molar-refractivity contribution in [2.75, 3.05) is 26.5 Å². The second-order valence-corrected chi connectivity index (χ2v) is 9.84. The summed E-state index contributed by atoms with van der Waals surface area (Å²) in [6.45, 7) is 1.55. The molecule has 2 aromatic heterocycles. The Morgan fingerprint density at radius 1 is 0.971 bits per heavy atom. The number of rotatable bonds is 7. The molecule has 35 heavy (non-hydrogen) atoms. The fraction of sp³-hybridized carbons (Fsp3) is 0.172. The molecule has 174 valence electrons. The van der Waals surface area contributed by atoms with E-state index in [-0.39, 0.29) is 0 Å². The van der Waals surface area contributed by atoms with Crippen LogP contribution in [0, 0.1) is 11.3 Å². The van der Waals surface area contributed by atoms with E-state index in [0.717, 1.165) is 43.8 Å². The molecule has 3 aromatic carbocycles. The van der Waals surface area contributed by atoms with Crippen molar-refractivity contribution in [1.29, 1.82) is 5.26 Å². The zero-order chi connectivity index (χ0) is 24.4. The largest absolute Gasteiger partial charge is 0.497 e. The summed E-state index contributed by atoms with van der Waals surface area (Å²) in [4.78, 5) is 6.77. The third-order valence-electron chi connectivity index (χ3n) is 6.02. The highest BCUT2D eigenvalue weighted by atomic mass is 32.1. The van der Waals surface area contributed by atoms with Gasteiger partial charge in [0.2, 0.25) is 0 Å². The molecule has 0 saturated heterocycles. The molecule has 6 heteroatoms. The number of thiophene rings is 1. The molecule has 0 atom stereocenters. The van der Waals surface area contributed by atoms with Crippen LogP contribution >= 0.6 is 11.3 Å². The van der Waals surface area contributed by atoms with Gasteiger partial charge < -0.3 is 15.0 Å². The van der Waals surface area contributed by atoms with Crippen molar-refractivity contribution in [3.05, 3.63) is 89.6 Å². The van der Waals surface area contributed by atoms with Gasteiger partial charge in [-0.25, -0.2) is 4.98 Å². The van der Waals surface area contributed by atoms with Crippen molar-refractivity contribution < 1.29 is 4.74 Å². The number of pyridine rings is 1. The average Bonchev–Trinajstić information content (AvgIpc) is 3.27. The van der Waals surface area contributed by atoms with Gasteiger partial charge in [-0.2, -0.15) is 5.26 Å². The highest BCUT2D eigenvalue weighted by molar-refractivity contribution is 7.26. The number of hydrogen-bond acceptors (Lipinski definition) is 6. The summed E-state index contributed by atoms with van der Waals surface area (Å²) in [7, 11) is 5.82. The number of nitrogens with one attached hydrogen (secondary N) is 1. The first-order valence-corrected chi connectivity index (χ1v) is 12.2. The van der Waals surface area contributed by atoms with Gasteiger partial charge in [-0.15, -0.1) is 11.3 Å². The fourth-order valence-electron chi connectivity index (χ4n) is 4.26. The van der Waals surface area contributed by atoms with Gasteiger partial charge in [0.15, 0.2) is 0 Å². The molecule has 0 saturated carbocycles. The lowest BCUT2D eigenvalue weighted by molar-refractivity contribution is 0.402. The molecule has 0 aliphatic heterocycles. The van der Waals surface area contributed by atoms with E-state index in [1.165, 1.54) is 16.7 Å². The van der Waals surface area contributed by atoms with Crippen LogP contribution in [0.25, 0.3) is 31.3 Å². The standard InChI is InChI=1S/C29H26N4OS/c1-33(2)18-20-4-8-21(9-5-20)22-10-13-25-26(14-22)35-28-23(15-30)17-32-29(27(25)28)31-16-19-6-11-24(34-3)12-7-19/h4-14,17H,16,18H2,1-3H3,(H,31,32). The Morgan fingerprint density at radius 3 is 2.37 bits per heavy atom. The van der Waals surface area contributed by atoms with Gasteiger partial charge in [0.1, 0.15) is 17.6 Å². The first kappa shape index (κ1) is 22.9. The Balaban J connectivity index is 1.50. The lowest BCUT2D eigenvalue weighted by Gasteiger charge is -2.10. The number of anilines is 1. The lowest BCUT2D eigenvalue weighted by Crippen LogP contribution is -2.10. The third-order valence-corrected chi connectivity index (χ3v) is 7.21. The zero-order valence-corrected chi connectivity index (χ0v) is 20.8. The van der Waals surface area contributed by atoms with E-state index in [0.29, 0.717) is 12.1 Å². The summed E-state index contributed by atoms with van der Waals surface area (Å²) >= 11 is 1.65. The van der Waals surface area contributed by atoms with Crippen LogP contribution in [0.3, 0.4) is 0 Å². The quantitative estimate of drug-likeness (QED) is 0.283. The van der Waals surface area contributed by atoms with Gasteiger partial charge >= 0.3 is 0 Å². The predicted molar refractivity (Wildman–Crippen MR) is 145 cm³/mol. The Hall–Kier alpha value is -3.92. The molecule has 0 bridgehead atoms. The molecule has 0 spiro atoms. The second-order valence-electron chi connectivity index (χ2n) is 8.79. The minimum Gasteiger partial charge on any atom is -0.497 e. The molecule has 0 fully saturated rings. The summed E-state index contributed by atoms with van der Waals surface area (Å²) in [5, 5.41) is 15.3. The number of nitriles is 1. The Kier molecular flexibility index (Phi) is 6.37. The molecule has 1 N–H and O–H groups in total. The number of methoxy groups -OCH3 is 1. The van der Waals surface area contributed by atoms with Crippen LogP contribution in [0.5, 0.6) is 5.75 Å². The van der Waals surface area contributed by atoms with Crippen molar-refractivity contribution in [2.45, 2.75) is 13.1 Å². The Morgan fingerprint density at radius 2 is 1.69 bits per heavy atom. The lowest BCUT2D eigenvalue weighted by atomic mass is 10.0. The molecule has 0 unspecified atom stereocenters. The van der Waals surface area contributed by atoms with E-state index in [1.54, 1.807) is 24.6 Å². The number of hydrogen-bond donors (Lipinski definition) is 1. The first-order valence-electron chi connectivity index (χ1n) is 11.4. The molecule has 5 nitrogen and oxygen atoms in total. The number of nitrogens with zero attached hydrogens (tertiary/aromatic N) is 3. The van der Waals surface area contributed by atoms with Gasteiger partial charge in [-0.1, -0.05) is 48.5 Å². The summed E-state index contributed by atoms with van der Waals surface area (Å²) in [5.74, 6) is 1.63. The molecular weight excluding hydrogens is 452 g/mol. The van der Waals surface area contributed by atoms with Gasteiger partial charge in [0.25, 0.3) is 0 Å². The van der Waals surface area contributed by atoms with Gasteiger partial charge in [0, 0.05) is 34.8 Å². The van der Waals surface area contributed by atoms with Crippen molar-refractivity contribution in [1.82, 2.24) is 9.88 Å². The van der Waals surface area contributed by atoms with Gasteiger partial charge in [0.05, 0.1) is 17.4 Å². The van der Waals surface area contributed by atoms with Gasteiger partial charge in [-0.05, 0) is 54.5 Å². The Bertz CT molecular complexity index is 1530. The third kappa shape index (κ3) is 4.69. The van der Waals surface area contributed by atoms with Crippen LogP contribution in [-0.2, 0) is 13.1 Å². The van der Waals surface area contributed by atoms with Crippen LogP contribution in [0.1, 0.15) is 16.7 Å². The monoisotopic (exact) mass is 478 g/mol. The number of ether oxygens (including phenoxy) is 1. The van der Waals surface area contributed by atoms with Crippen LogP contribution in [0.4, 0.5) is 5.82 Å². The number of benzene rings is 3. The molecule has 0 aliphatic carbocycles. The van der Waals surface area contributed by atoms with E-state index in [9.17, 15) is 5.26 Å². The molecule has 0 aliphatic rings. The topological polar surface area (TPSA) is 61.2 Å². The van der Waals surface area contributed by atoms with E-state index < -0.39 is 0 Å². The van der Waals surface area contributed by atoms with E-state index in [2.05, 4.69) is 77.8 Å². The minimum atomic E-state index is 0.603. The Labute approximate surface area is 209 Å². The minimum absolute atomic E-state index is 0.603.